The Morgan fingerprint density at radius 2 is 1.63 bits per heavy atom. The Morgan fingerprint density at radius 3 is 2.24 bits per heavy atom. The van der Waals surface area contributed by atoms with Crippen LogP contribution in [0, 0.1) is 11.8 Å². The van der Waals surface area contributed by atoms with Gasteiger partial charge in [-0.1, -0.05) is 65.3 Å². The predicted octanol–water partition coefficient (Wildman–Crippen LogP) is 1.23. The molecule has 0 spiro atoms. The Labute approximate surface area is 339 Å². The zero-order valence-corrected chi connectivity index (χ0v) is 33.4. The van der Waals surface area contributed by atoms with Crippen LogP contribution in [0.15, 0.2) is 42.9 Å². The van der Waals surface area contributed by atoms with Crippen molar-refractivity contribution in [3.63, 3.8) is 0 Å². The largest absolute Gasteiger partial charge is 0.480 e. The summed E-state index contributed by atoms with van der Waals surface area (Å²) in [4.78, 5) is 115. The molecule has 3 heterocycles. The van der Waals surface area contributed by atoms with Crippen molar-refractivity contribution in [3.05, 3.63) is 59.7 Å². The van der Waals surface area contributed by atoms with E-state index in [9.17, 15) is 38.4 Å². The first-order chi connectivity index (χ1) is 27.8. The first-order valence-corrected chi connectivity index (χ1v) is 19.3. The lowest BCUT2D eigenvalue weighted by molar-refractivity contribution is -0.161. The number of halogens is 2. The van der Waals surface area contributed by atoms with Gasteiger partial charge in [0.1, 0.15) is 36.5 Å². The molecule has 1 aromatic carbocycles. The minimum Gasteiger partial charge on any atom is -0.480 e. The number of aromatic nitrogens is 2. The Kier molecular flexibility index (Phi) is 15.5. The minimum atomic E-state index is -4.73. The number of ketones is 1. The highest BCUT2D eigenvalue weighted by molar-refractivity contribution is 6.11. The molecule has 2 aliphatic rings. The molecular formula is C39H50F2N8O10. The van der Waals surface area contributed by atoms with Crippen LogP contribution >= 0.6 is 0 Å². The maximum Gasteiger partial charge on any atom is 0.410 e. The number of Topliss-reactive ketones (excluding diaryl/α,β-unsaturated/α-hetero) is 1. The number of hydrogen-bond donors (Lipinski definition) is 5. The highest BCUT2D eigenvalue weighted by Gasteiger charge is 2.52. The van der Waals surface area contributed by atoms with Crippen LogP contribution in [-0.2, 0) is 46.5 Å². The number of hydrogen-bond acceptors (Lipinski definition) is 11. The number of carboxylic acids is 1. The van der Waals surface area contributed by atoms with Gasteiger partial charge in [0.25, 0.3) is 11.8 Å². The van der Waals surface area contributed by atoms with E-state index in [1.165, 1.54) is 35.7 Å². The molecular weight excluding hydrogens is 778 g/mol. The van der Waals surface area contributed by atoms with E-state index >= 15 is 8.78 Å². The molecule has 59 heavy (non-hydrogen) atoms. The summed E-state index contributed by atoms with van der Waals surface area (Å²) < 4.78 is 35.9. The van der Waals surface area contributed by atoms with Crippen LogP contribution in [0.1, 0.15) is 75.5 Å². The highest BCUT2D eigenvalue weighted by Crippen LogP contribution is 2.27. The van der Waals surface area contributed by atoms with Gasteiger partial charge in [0.2, 0.25) is 23.5 Å². The molecule has 5 atom stereocenters. The van der Waals surface area contributed by atoms with Crippen LogP contribution in [0.25, 0.3) is 0 Å². The van der Waals surface area contributed by atoms with Gasteiger partial charge in [-0.25, -0.2) is 9.78 Å². The third-order valence-electron chi connectivity index (χ3n) is 9.97. The van der Waals surface area contributed by atoms with E-state index in [2.05, 4.69) is 25.9 Å². The van der Waals surface area contributed by atoms with Crippen molar-refractivity contribution in [3.8, 4) is 0 Å². The van der Waals surface area contributed by atoms with E-state index in [0.717, 1.165) is 16.0 Å². The molecule has 0 aliphatic carbocycles. The van der Waals surface area contributed by atoms with Crippen molar-refractivity contribution in [1.29, 1.82) is 0 Å². The van der Waals surface area contributed by atoms with E-state index < -0.39 is 102 Å². The Bertz CT molecular complexity index is 1900. The summed E-state index contributed by atoms with van der Waals surface area (Å²) >= 11 is 0. The van der Waals surface area contributed by atoms with Gasteiger partial charge in [0.15, 0.2) is 0 Å². The van der Waals surface area contributed by atoms with Gasteiger partial charge in [-0.15, -0.1) is 0 Å². The van der Waals surface area contributed by atoms with Gasteiger partial charge in [-0.2, -0.15) is 8.78 Å². The maximum atomic E-state index is 15.1. The lowest BCUT2D eigenvalue weighted by atomic mass is 9.98. The van der Waals surface area contributed by atoms with Gasteiger partial charge in [0, 0.05) is 31.9 Å². The average Bonchev–Trinajstić information content (AvgIpc) is 3.63. The minimum absolute atomic E-state index is 0.0544. The molecule has 0 unspecified atom stereocenters. The molecule has 18 nitrogen and oxygen atoms in total. The topological polar surface area (TPSA) is 246 Å². The van der Waals surface area contributed by atoms with E-state index in [1.54, 1.807) is 27.7 Å². The molecule has 4 rings (SSSR count). The molecule has 0 bridgehead atoms. The first-order valence-electron chi connectivity index (χ1n) is 19.3. The van der Waals surface area contributed by atoms with Crippen LogP contribution in [0.2, 0.25) is 0 Å². The number of alkyl halides is 2. The molecule has 20 heteroatoms. The van der Waals surface area contributed by atoms with Gasteiger partial charge in [0.05, 0.1) is 18.8 Å². The number of likely N-dealkylation sites (tertiary alicyclic amines) is 1. The second-order valence-corrected chi connectivity index (χ2v) is 15.1. The number of amides is 6. The molecule has 1 fully saturated rings. The summed E-state index contributed by atoms with van der Waals surface area (Å²) in [7, 11) is 0. The second-order valence-electron chi connectivity index (χ2n) is 15.1. The van der Waals surface area contributed by atoms with Crippen molar-refractivity contribution < 1.29 is 57.0 Å². The molecule has 320 valence electrons. The molecule has 2 aromatic rings. The lowest BCUT2D eigenvalue weighted by Gasteiger charge is -2.32. The summed E-state index contributed by atoms with van der Waals surface area (Å²) in [5.74, 6) is -15.0. The number of aliphatic carboxylic acids is 1. The molecule has 5 N–H and O–H groups in total. The van der Waals surface area contributed by atoms with Gasteiger partial charge in [-0.3, -0.25) is 38.5 Å². The molecule has 1 saturated heterocycles. The van der Waals surface area contributed by atoms with E-state index in [-0.39, 0.29) is 38.0 Å². The summed E-state index contributed by atoms with van der Waals surface area (Å²) in [6, 6.07) is 1.62. The highest BCUT2D eigenvalue weighted by atomic mass is 19.3. The number of benzene rings is 1. The first kappa shape index (κ1) is 45.6. The summed E-state index contributed by atoms with van der Waals surface area (Å²) in [5.41, 5.74) is 1.93. The van der Waals surface area contributed by atoms with E-state index in [0.29, 0.717) is 13.0 Å². The van der Waals surface area contributed by atoms with E-state index in [4.69, 9.17) is 9.84 Å². The third-order valence-corrected chi connectivity index (χ3v) is 9.97. The van der Waals surface area contributed by atoms with Crippen molar-refractivity contribution in [2.45, 2.75) is 103 Å². The van der Waals surface area contributed by atoms with Crippen LogP contribution < -0.4 is 21.3 Å². The summed E-state index contributed by atoms with van der Waals surface area (Å²) in [5, 5.41) is 17.8. The average molecular weight is 829 g/mol. The number of fused-ring (bicyclic) bond motifs is 1. The van der Waals surface area contributed by atoms with Crippen molar-refractivity contribution >= 4 is 47.4 Å². The number of ether oxygens (including phenoxy) is 1. The van der Waals surface area contributed by atoms with Crippen LogP contribution in [0.5, 0.6) is 0 Å². The Morgan fingerprint density at radius 1 is 0.949 bits per heavy atom. The standard InChI is InChI=1S/C39H50F2N8O10/c1-6-9-26(32(52)39(40,41)37(57)44-18-29(50)51)45-34(54)28-16-25(59-38(58)48-15-12-23-10-7-8-11-24(23)19-48)20-49(28)36(56)31(22(4)5)47-35(55)30(21(2)3)46-33(53)27-17-42-13-14-43-27/h7-8,10-11,13-14,17,21-22,25-26,28,30-31H,6,9,12,15-16,18-20H2,1-5H3,(H,44,57)(H,45,54)(H,46,53)(H,47,55)(H,50,51)/t25-,26+,28+,30+,31+/m1/s1. The van der Waals surface area contributed by atoms with Gasteiger partial charge >= 0.3 is 18.0 Å². The van der Waals surface area contributed by atoms with Crippen molar-refractivity contribution in [2.75, 3.05) is 19.6 Å². The number of rotatable bonds is 17. The lowest BCUT2D eigenvalue weighted by Crippen LogP contribution is -2.60. The zero-order valence-electron chi connectivity index (χ0n) is 33.4. The van der Waals surface area contributed by atoms with Crippen molar-refractivity contribution in [2.24, 2.45) is 11.8 Å². The number of nitrogens with zero attached hydrogens (tertiary/aromatic N) is 4. The monoisotopic (exact) mass is 828 g/mol. The van der Waals surface area contributed by atoms with Crippen LogP contribution in [-0.4, -0.2) is 128 Å². The third kappa shape index (κ3) is 11.5. The van der Waals surface area contributed by atoms with Gasteiger partial charge in [-0.05, 0) is 35.8 Å². The maximum absolute atomic E-state index is 15.1. The van der Waals surface area contributed by atoms with Crippen LogP contribution in [0.3, 0.4) is 0 Å². The van der Waals surface area contributed by atoms with Crippen LogP contribution in [0.4, 0.5) is 13.6 Å². The summed E-state index contributed by atoms with van der Waals surface area (Å²) in [6.07, 6.45) is 2.03. The predicted molar refractivity (Wildman–Crippen MR) is 203 cm³/mol. The molecule has 1 aromatic heterocycles. The normalized spacial score (nSPS) is 17.9. The van der Waals surface area contributed by atoms with Gasteiger partial charge < -0.3 is 40.9 Å². The van der Waals surface area contributed by atoms with E-state index in [1.807, 2.05) is 24.3 Å². The quantitative estimate of drug-likeness (QED) is 0.141. The molecule has 6 amide bonds. The van der Waals surface area contributed by atoms with Crippen molar-refractivity contribution in [1.82, 2.24) is 41.0 Å². The fraction of sp³-hybridized carbons (Fsp3) is 0.538. The number of carbonyl (C=O) groups is 8. The number of nitrogens with one attached hydrogen (secondary N) is 4. The number of carbonyl (C=O) groups excluding carboxylic acids is 7. The Balaban J connectivity index is 1.59. The Hall–Kier alpha value is -6.08. The fourth-order valence-corrected chi connectivity index (χ4v) is 6.77. The molecule has 0 saturated carbocycles. The summed E-state index contributed by atoms with van der Waals surface area (Å²) in [6.45, 7) is 7.14. The fourth-order valence-electron chi connectivity index (χ4n) is 6.77. The molecule has 0 radical (unpaired) electrons. The second kappa shape index (κ2) is 20.1. The SMILES string of the molecule is CCC[C@H](NC(=O)[C@@H]1C[C@@H](OC(=O)N2CCc3ccccc3C2)CN1C(=O)[C@@H](NC(=O)[C@@H](NC(=O)c1cnccn1)C(C)C)C(C)C)C(=O)C(F)(F)C(=O)NCC(=O)O. The molecule has 2 aliphatic heterocycles. The number of carboxylic acid groups (broad SMARTS) is 1. The smallest absolute Gasteiger partial charge is 0.410 e. The zero-order chi connectivity index (χ0) is 43.6.